The number of ether oxygens (including phenoxy) is 1. The number of nitro groups is 1. The number of nitrogens with one attached hydrogen (secondary N) is 1. The van der Waals surface area contributed by atoms with Crippen molar-refractivity contribution in [2.75, 3.05) is 0 Å². The van der Waals surface area contributed by atoms with E-state index >= 15 is 0 Å². The molecule has 0 radical (unpaired) electrons. The van der Waals surface area contributed by atoms with Crippen molar-refractivity contribution in [1.29, 1.82) is 0 Å². The lowest BCUT2D eigenvalue weighted by atomic mass is 9.82. The van der Waals surface area contributed by atoms with Gasteiger partial charge in [-0.05, 0) is 24.0 Å². The van der Waals surface area contributed by atoms with Gasteiger partial charge < -0.3 is 15.2 Å². The molecule has 1 amide bonds. The molecule has 30 heavy (non-hydrogen) atoms. The quantitative estimate of drug-likeness (QED) is 0.577. The van der Waals surface area contributed by atoms with Gasteiger partial charge in [-0.25, -0.2) is 0 Å². The summed E-state index contributed by atoms with van der Waals surface area (Å²) in [6.45, 7) is 5.80. The van der Waals surface area contributed by atoms with E-state index in [2.05, 4.69) is 5.32 Å². The predicted molar refractivity (Wildman–Crippen MR) is 107 cm³/mol. The first-order valence-electron chi connectivity index (χ1n) is 9.86. The maximum atomic E-state index is 13.7. The number of Topliss-reactive ketones (excluding diaryl/α,β-unsaturated/α-hetero) is 1. The molecule has 8 heteroatoms. The summed E-state index contributed by atoms with van der Waals surface area (Å²) in [5.74, 6) is -3.06. The normalized spacial score (nSPS) is 23.6. The van der Waals surface area contributed by atoms with Crippen LogP contribution in [0.4, 0.5) is 5.69 Å². The second kappa shape index (κ2) is 6.63. The highest BCUT2D eigenvalue weighted by molar-refractivity contribution is 6.14. The van der Waals surface area contributed by atoms with Crippen LogP contribution in [0.5, 0.6) is 5.75 Å². The summed E-state index contributed by atoms with van der Waals surface area (Å²) in [6, 6.07) is 9.18. The molecule has 4 rings (SSSR count). The van der Waals surface area contributed by atoms with Gasteiger partial charge >= 0.3 is 0 Å². The van der Waals surface area contributed by atoms with Crippen molar-refractivity contribution >= 4 is 17.4 Å². The van der Waals surface area contributed by atoms with Gasteiger partial charge in [0, 0.05) is 23.6 Å². The standard InChI is InChI=1S/C22H22N2O6/c1-4-6-18(25)23-21-14-10-9-13(12(2)3)11-17(14)30-22(21,27)15-7-5-8-16(24(28)29)19(15)20(21)26/h5,7-12,27H,4,6H2,1-3H3,(H,23,25). The number of benzene rings is 2. The molecular weight excluding hydrogens is 388 g/mol. The molecule has 0 aromatic heterocycles. The Morgan fingerprint density at radius 1 is 1.27 bits per heavy atom. The van der Waals surface area contributed by atoms with Crippen molar-refractivity contribution in [3.8, 4) is 5.75 Å². The lowest BCUT2D eigenvalue weighted by Gasteiger charge is -2.34. The van der Waals surface area contributed by atoms with Crippen LogP contribution in [0.3, 0.4) is 0 Å². The van der Waals surface area contributed by atoms with E-state index in [-0.39, 0.29) is 34.8 Å². The molecule has 0 fully saturated rings. The summed E-state index contributed by atoms with van der Waals surface area (Å²) in [4.78, 5) is 37.2. The molecule has 156 valence electrons. The number of ketones is 1. The highest BCUT2D eigenvalue weighted by Crippen LogP contribution is 2.59. The zero-order chi connectivity index (χ0) is 21.8. The van der Waals surface area contributed by atoms with Crippen molar-refractivity contribution in [2.45, 2.75) is 50.9 Å². The van der Waals surface area contributed by atoms with Gasteiger partial charge in [-0.3, -0.25) is 19.7 Å². The minimum atomic E-state index is -2.28. The molecule has 2 unspecified atom stereocenters. The molecule has 0 bridgehead atoms. The van der Waals surface area contributed by atoms with Crippen molar-refractivity contribution in [3.05, 3.63) is 68.8 Å². The van der Waals surface area contributed by atoms with E-state index in [1.165, 1.54) is 18.2 Å². The molecule has 0 spiro atoms. The fourth-order valence-corrected chi connectivity index (χ4v) is 4.35. The molecule has 2 N–H and O–H groups in total. The minimum Gasteiger partial charge on any atom is -0.454 e. The van der Waals surface area contributed by atoms with Crippen LogP contribution in [0.1, 0.15) is 66.6 Å². The Balaban J connectivity index is 2.00. The van der Waals surface area contributed by atoms with Crippen LogP contribution in [0.2, 0.25) is 0 Å². The molecule has 2 aromatic rings. The number of amides is 1. The molecule has 2 aliphatic rings. The number of carbonyl (C=O) groups is 2. The van der Waals surface area contributed by atoms with Crippen molar-refractivity contribution in [3.63, 3.8) is 0 Å². The predicted octanol–water partition coefficient (Wildman–Crippen LogP) is 3.26. The zero-order valence-electron chi connectivity index (χ0n) is 16.9. The maximum Gasteiger partial charge on any atom is 0.280 e. The monoisotopic (exact) mass is 410 g/mol. The molecule has 1 aliphatic heterocycles. The second-order valence-electron chi connectivity index (χ2n) is 7.99. The third kappa shape index (κ3) is 2.43. The number of nitro benzene ring substituents is 1. The van der Waals surface area contributed by atoms with E-state index in [1.54, 1.807) is 18.2 Å². The van der Waals surface area contributed by atoms with E-state index in [1.807, 2.05) is 20.8 Å². The molecule has 1 aliphatic carbocycles. The van der Waals surface area contributed by atoms with Gasteiger partial charge in [0.25, 0.3) is 11.5 Å². The molecule has 2 aromatic carbocycles. The molecule has 8 nitrogen and oxygen atoms in total. The Morgan fingerprint density at radius 3 is 2.63 bits per heavy atom. The fraction of sp³-hybridized carbons (Fsp3) is 0.364. The lowest BCUT2D eigenvalue weighted by molar-refractivity contribution is -0.385. The number of aliphatic hydroxyl groups is 1. The van der Waals surface area contributed by atoms with E-state index in [0.29, 0.717) is 6.42 Å². The second-order valence-corrected chi connectivity index (χ2v) is 7.99. The smallest absolute Gasteiger partial charge is 0.280 e. The Kier molecular flexibility index (Phi) is 4.43. The Hall–Kier alpha value is -3.26. The number of rotatable bonds is 5. The fourth-order valence-electron chi connectivity index (χ4n) is 4.35. The van der Waals surface area contributed by atoms with E-state index in [9.17, 15) is 24.8 Å². The zero-order valence-corrected chi connectivity index (χ0v) is 16.9. The number of carbonyl (C=O) groups excluding carboxylic acids is 2. The van der Waals surface area contributed by atoms with Gasteiger partial charge in [0.05, 0.1) is 4.92 Å². The molecule has 0 saturated heterocycles. The molecular formula is C22H22N2O6. The van der Waals surface area contributed by atoms with Crippen molar-refractivity contribution < 1.29 is 24.4 Å². The lowest BCUT2D eigenvalue weighted by Crippen LogP contribution is -2.60. The van der Waals surface area contributed by atoms with Crippen molar-refractivity contribution in [1.82, 2.24) is 5.32 Å². The van der Waals surface area contributed by atoms with Crippen LogP contribution in [-0.2, 0) is 16.1 Å². The number of hydrogen-bond acceptors (Lipinski definition) is 6. The highest BCUT2D eigenvalue weighted by Gasteiger charge is 2.73. The maximum absolute atomic E-state index is 13.7. The molecule has 2 atom stereocenters. The Labute approximate surface area is 173 Å². The molecule has 0 saturated carbocycles. The third-order valence-corrected chi connectivity index (χ3v) is 5.82. The SMILES string of the molecule is CCCC(=O)NC12C(=O)c3c([N+](=O)[O-])cccc3C1(O)Oc1cc(C(C)C)ccc12. The number of nitrogens with zero attached hydrogens (tertiary/aromatic N) is 1. The van der Waals surface area contributed by atoms with Crippen LogP contribution >= 0.6 is 0 Å². The minimum absolute atomic E-state index is 0.0270. The van der Waals surface area contributed by atoms with Gasteiger partial charge in [0.2, 0.25) is 17.2 Å². The van der Waals surface area contributed by atoms with E-state index in [0.717, 1.165) is 5.56 Å². The first-order chi connectivity index (χ1) is 14.2. The van der Waals surface area contributed by atoms with Gasteiger partial charge in [0.15, 0.2) is 0 Å². The first-order valence-corrected chi connectivity index (χ1v) is 9.86. The third-order valence-electron chi connectivity index (χ3n) is 5.82. The number of fused-ring (bicyclic) bond motifs is 5. The Bertz CT molecular complexity index is 1100. The average molecular weight is 410 g/mol. The number of hydrogen-bond donors (Lipinski definition) is 2. The largest absolute Gasteiger partial charge is 0.454 e. The average Bonchev–Trinajstić information content (AvgIpc) is 3.05. The topological polar surface area (TPSA) is 119 Å². The van der Waals surface area contributed by atoms with Crippen LogP contribution in [0, 0.1) is 10.1 Å². The van der Waals surface area contributed by atoms with Crippen molar-refractivity contribution in [2.24, 2.45) is 0 Å². The summed E-state index contributed by atoms with van der Waals surface area (Å²) in [6.07, 6.45) is 0.657. The summed E-state index contributed by atoms with van der Waals surface area (Å²) < 4.78 is 5.92. The van der Waals surface area contributed by atoms with Gasteiger partial charge in [-0.1, -0.05) is 45.0 Å². The summed E-state index contributed by atoms with van der Waals surface area (Å²) in [7, 11) is 0. The van der Waals surface area contributed by atoms with Gasteiger partial charge in [-0.15, -0.1) is 0 Å². The van der Waals surface area contributed by atoms with Gasteiger partial charge in [-0.2, -0.15) is 0 Å². The highest BCUT2D eigenvalue weighted by atomic mass is 16.6. The molecule has 1 heterocycles. The Morgan fingerprint density at radius 2 is 2.00 bits per heavy atom. The van der Waals surface area contributed by atoms with Crippen LogP contribution in [-0.4, -0.2) is 21.7 Å². The van der Waals surface area contributed by atoms with E-state index in [4.69, 9.17) is 4.74 Å². The summed E-state index contributed by atoms with van der Waals surface area (Å²) in [5, 5.41) is 25.9. The van der Waals surface area contributed by atoms with Gasteiger partial charge in [0.1, 0.15) is 11.3 Å². The summed E-state index contributed by atoms with van der Waals surface area (Å²) >= 11 is 0. The van der Waals surface area contributed by atoms with Crippen LogP contribution < -0.4 is 10.1 Å². The summed E-state index contributed by atoms with van der Waals surface area (Å²) in [5.41, 5.74) is -1.48. The first kappa shape index (κ1) is 20.0. The van der Waals surface area contributed by atoms with Crippen LogP contribution in [0.15, 0.2) is 36.4 Å². The van der Waals surface area contributed by atoms with Crippen LogP contribution in [0.25, 0.3) is 0 Å². The van der Waals surface area contributed by atoms with E-state index < -0.39 is 33.6 Å².